The van der Waals surface area contributed by atoms with Gasteiger partial charge in [0.25, 0.3) is 0 Å². The second-order valence-electron chi connectivity index (χ2n) is 5.94. The van der Waals surface area contributed by atoms with Gasteiger partial charge in [-0.15, -0.1) is 5.10 Å². The highest BCUT2D eigenvalue weighted by molar-refractivity contribution is 5.76. The molecule has 0 bridgehead atoms. The maximum absolute atomic E-state index is 11.1. The first-order chi connectivity index (χ1) is 9.08. The van der Waals surface area contributed by atoms with Crippen molar-refractivity contribution in [3.63, 3.8) is 0 Å². The van der Waals surface area contributed by atoms with Crippen LogP contribution in [0, 0.1) is 5.92 Å². The summed E-state index contributed by atoms with van der Waals surface area (Å²) in [7, 11) is 0. The third-order valence-electron chi connectivity index (χ3n) is 3.84. The van der Waals surface area contributed by atoms with Crippen LogP contribution in [-0.4, -0.2) is 20.9 Å². The Morgan fingerprint density at radius 3 is 2.68 bits per heavy atom. The second kappa shape index (κ2) is 6.17. The van der Waals surface area contributed by atoms with Gasteiger partial charge in [0.05, 0.1) is 23.9 Å². The van der Waals surface area contributed by atoms with Crippen LogP contribution in [0.1, 0.15) is 63.4 Å². The van der Waals surface area contributed by atoms with Gasteiger partial charge in [0.2, 0.25) is 5.91 Å². The average molecular weight is 264 g/mol. The van der Waals surface area contributed by atoms with E-state index >= 15 is 0 Å². The van der Waals surface area contributed by atoms with Gasteiger partial charge < -0.3 is 5.73 Å². The van der Waals surface area contributed by atoms with Crippen molar-refractivity contribution in [3.05, 3.63) is 11.4 Å². The third-order valence-corrected chi connectivity index (χ3v) is 3.84. The molecule has 0 aromatic carbocycles. The molecule has 1 fully saturated rings. The summed E-state index contributed by atoms with van der Waals surface area (Å²) in [6.07, 6.45) is 7.11. The van der Waals surface area contributed by atoms with Crippen LogP contribution in [0.25, 0.3) is 0 Å². The fraction of sp³-hybridized carbons (Fsp3) is 0.786. The minimum Gasteiger partial charge on any atom is -0.369 e. The number of aromatic nitrogens is 3. The van der Waals surface area contributed by atoms with Gasteiger partial charge in [-0.25, -0.2) is 4.68 Å². The molecule has 1 heterocycles. The second-order valence-corrected chi connectivity index (χ2v) is 5.94. The lowest BCUT2D eigenvalue weighted by Crippen LogP contribution is -2.17. The lowest BCUT2D eigenvalue weighted by Gasteiger charge is -2.14. The Morgan fingerprint density at radius 1 is 1.42 bits per heavy atom. The van der Waals surface area contributed by atoms with E-state index < -0.39 is 0 Å². The van der Waals surface area contributed by atoms with E-state index in [0.29, 0.717) is 12.0 Å². The fourth-order valence-electron chi connectivity index (χ4n) is 2.77. The van der Waals surface area contributed by atoms with Crippen LogP contribution in [0.4, 0.5) is 0 Å². The van der Waals surface area contributed by atoms with Crippen molar-refractivity contribution < 1.29 is 4.79 Å². The molecule has 2 N–H and O–H groups in total. The number of amides is 1. The lowest BCUT2D eigenvalue weighted by molar-refractivity contribution is -0.117. The predicted molar refractivity (Wildman–Crippen MR) is 73.6 cm³/mol. The zero-order valence-corrected chi connectivity index (χ0v) is 11.9. The monoisotopic (exact) mass is 264 g/mol. The van der Waals surface area contributed by atoms with E-state index in [4.69, 9.17) is 5.73 Å². The number of hydrogen-bond acceptors (Lipinski definition) is 3. The molecule has 1 saturated carbocycles. The van der Waals surface area contributed by atoms with E-state index in [2.05, 4.69) is 28.8 Å². The molecule has 0 unspecified atom stereocenters. The standard InChI is InChI=1S/C14H24N4O/c1-10(2)7-8-13-12(9-14(15)19)16-17-18(13)11-5-3-4-6-11/h10-11H,3-9H2,1-2H3,(H2,15,19). The molecule has 5 nitrogen and oxygen atoms in total. The van der Waals surface area contributed by atoms with Gasteiger partial charge in [-0.2, -0.15) is 0 Å². The maximum Gasteiger partial charge on any atom is 0.223 e. The number of primary amides is 1. The highest BCUT2D eigenvalue weighted by Gasteiger charge is 2.23. The first-order valence-electron chi connectivity index (χ1n) is 7.29. The molecular formula is C14H24N4O. The van der Waals surface area contributed by atoms with Crippen LogP contribution in [0.15, 0.2) is 0 Å². The van der Waals surface area contributed by atoms with Crippen molar-refractivity contribution in [2.45, 2.75) is 64.8 Å². The van der Waals surface area contributed by atoms with Crippen LogP contribution >= 0.6 is 0 Å². The summed E-state index contributed by atoms with van der Waals surface area (Å²) in [6, 6.07) is 0.469. The lowest BCUT2D eigenvalue weighted by atomic mass is 10.0. The molecule has 106 valence electrons. The maximum atomic E-state index is 11.1. The van der Waals surface area contributed by atoms with Gasteiger partial charge in [-0.05, 0) is 31.6 Å². The molecule has 2 rings (SSSR count). The molecule has 0 saturated heterocycles. The summed E-state index contributed by atoms with van der Waals surface area (Å²) < 4.78 is 2.06. The first kappa shape index (κ1) is 14.0. The van der Waals surface area contributed by atoms with Crippen LogP contribution in [0.3, 0.4) is 0 Å². The summed E-state index contributed by atoms with van der Waals surface area (Å²) in [6.45, 7) is 4.41. The Morgan fingerprint density at radius 2 is 2.11 bits per heavy atom. The van der Waals surface area contributed by atoms with Crippen molar-refractivity contribution in [2.24, 2.45) is 11.7 Å². The van der Waals surface area contributed by atoms with E-state index in [0.717, 1.165) is 24.2 Å². The molecule has 1 amide bonds. The van der Waals surface area contributed by atoms with E-state index in [-0.39, 0.29) is 12.3 Å². The largest absolute Gasteiger partial charge is 0.369 e. The Labute approximate surface area is 114 Å². The molecule has 1 aromatic heterocycles. The number of carbonyl (C=O) groups excluding carboxylic acids is 1. The van der Waals surface area contributed by atoms with Gasteiger partial charge in [0.1, 0.15) is 0 Å². The van der Waals surface area contributed by atoms with Gasteiger partial charge in [0.15, 0.2) is 0 Å². The smallest absolute Gasteiger partial charge is 0.223 e. The molecule has 0 atom stereocenters. The van der Waals surface area contributed by atoms with Crippen LogP contribution in [0.2, 0.25) is 0 Å². The molecule has 1 aliphatic rings. The average Bonchev–Trinajstić information content (AvgIpc) is 2.94. The molecule has 1 aromatic rings. The van der Waals surface area contributed by atoms with Crippen molar-refractivity contribution >= 4 is 5.91 Å². The number of nitrogens with zero attached hydrogens (tertiary/aromatic N) is 3. The Bertz CT molecular complexity index is 433. The summed E-state index contributed by atoms with van der Waals surface area (Å²) >= 11 is 0. The highest BCUT2D eigenvalue weighted by Crippen LogP contribution is 2.30. The van der Waals surface area contributed by atoms with E-state index in [1.54, 1.807) is 0 Å². The van der Waals surface area contributed by atoms with Crippen LogP contribution < -0.4 is 5.73 Å². The van der Waals surface area contributed by atoms with E-state index in [1.165, 1.54) is 25.7 Å². The topological polar surface area (TPSA) is 73.8 Å². The highest BCUT2D eigenvalue weighted by atomic mass is 16.1. The summed E-state index contributed by atoms with van der Waals surface area (Å²) in [5, 5.41) is 8.48. The van der Waals surface area contributed by atoms with Crippen LogP contribution in [-0.2, 0) is 17.6 Å². The van der Waals surface area contributed by atoms with E-state index in [1.807, 2.05) is 0 Å². The van der Waals surface area contributed by atoms with Gasteiger partial charge >= 0.3 is 0 Å². The normalized spacial score (nSPS) is 16.4. The SMILES string of the molecule is CC(C)CCc1c(CC(N)=O)nnn1C1CCCC1. The number of rotatable bonds is 6. The number of hydrogen-bond donors (Lipinski definition) is 1. The summed E-state index contributed by atoms with van der Waals surface area (Å²) in [5.41, 5.74) is 7.20. The molecule has 1 aliphatic carbocycles. The minimum atomic E-state index is -0.329. The van der Waals surface area contributed by atoms with Crippen molar-refractivity contribution in [1.82, 2.24) is 15.0 Å². The van der Waals surface area contributed by atoms with Gasteiger partial charge in [-0.1, -0.05) is 31.9 Å². The molecule has 0 spiro atoms. The summed E-state index contributed by atoms with van der Waals surface area (Å²) in [5.74, 6) is 0.303. The van der Waals surface area contributed by atoms with Crippen molar-refractivity contribution in [3.8, 4) is 0 Å². The number of nitrogens with two attached hydrogens (primary N) is 1. The quantitative estimate of drug-likeness (QED) is 0.854. The predicted octanol–water partition coefficient (Wildman–Crippen LogP) is 2.01. The van der Waals surface area contributed by atoms with Crippen LogP contribution in [0.5, 0.6) is 0 Å². The third kappa shape index (κ3) is 3.55. The number of carbonyl (C=O) groups is 1. The van der Waals surface area contributed by atoms with Gasteiger partial charge in [0, 0.05) is 0 Å². The zero-order chi connectivity index (χ0) is 13.8. The minimum absolute atomic E-state index is 0.208. The molecule has 0 aliphatic heterocycles. The molecule has 5 heteroatoms. The zero-order valence-electron chi connectivity index (χ0n) is 11.9. The van der Waals surface area contributed by atoms with Crippen molar-refractivity contribution in [2.75, 3.05) is 0 Å². The van der Waals surface area contributed by atoms with Crippen molar-refractivity contribution in [1.29, 1.82) is 0 Å². The Balaban J connectivity index is 2.20. The fourth-order valence-corrected chi connectivity index (χ4v) is 2.77. The van der Waals surface area contributed by atoms with Gasteiger partial charge in [-0.3, -0.25) is 4.79 Å². The summed E-state index contributed by atoms with van der Waals surface area (Å²) in [4.78, 5) is 11.1. The molecule has 19 heavy (non-hydrogen) atoms. The first-order valence-corrected chi connectivity index (χ1v) is 7.29. The Kier molecular flexibility index (Phi) is 4.56. The van der Waals surface area contributed by atoms with E-state index in [9.17, 15) is 4.79 Å². The molecule has 0 radical (unpaired) electrons. The Hall–Kier alpha value is -1.39. The molecular weight excluding hydrogens is 240 g/mol.